The van der Waals surface area contributed by atoms with Crippen LogP contribution in [0.25, 0.3) is 0 Å². The van der Waals surface area contributed by atoms with Gasteiger partial charge in [0.25, 0.3) is 5.69 Å². The molecule has 1 N–H and O–H groups in total. The van der Waals surface area contributed by atoms with E-state index in [0.29, 0.717) is 5.56 Å². The number of nitrogens with one attached hydrogen (secondary N) is 1. The third kappa shape index (κ3) is 3.82. The second kappa shape index (κ2) is 7.36. The average molecular weight is 388 g/mol. The number of aryl methyl sites for hydroxylation is 1. The quantitative estimate of drug-likeness (QED) is 0.510. The highest BCUT2D eigenvalue weighted by atomic mass is 32.2. The van der Waals surface area contributed by atoms with E-state index >= 15 is 0 Å². The second-order valence-corrected chi connectivity index (χ2v) is 8.38. The van der Waals surface area contributed by atoms with E-state index in [1.54, 1.807) is 6.92 Å². The molecule has 0 unspecified atom stereocenters. The highest BCUT2D eigenvalue weighted by molar-refractivity contribution is 7.89. The van der Waals surface area contributed by atoms with Crippen LogP contribution in [0.1, 0.15) is 22.0 Å². The zero-order valence-corrected chi connectivity index (χ0v) is 15.5. The van der Waals surface area contributed by atoms with Crippen molar-refractivity contribution in [2.24, 2.45) is 0 Å². The van der Waals surface area contributed by atoms with Crippen LogP contribution in [0, 0.1) is 17.0 Å². The van der Waals surface area contributed by atoms with Crippen molar-refractivity contribution < 1.29 is 13.3 Å². The Morgan fingerprint density at radius 1 is 1.08 bits per heavy atom. The van der Waals surface area contributed by atoms with E-state index in [0.717, 1.165) is 16.5 Å². The van der Waals surface area contributed by atoms with Gasteiger partial charge in [-0.1, -0.05) is 42.5 Å². The number of nitro benzene ring substituents is 1. The molecule has 3 aromatic rings. The van der Waals surface area contributed by atoms with E-state index in [-0.39, 0.29) is 10.6 Å². The van der Waals surface area contributed by atoms with Gasteiger partial charge in [-0.05, 0) is 30.0 Å². The Hall–Kier alpha value is -2.55. The molecule has 3 rings (SSSR count). The molecule has 0 amide bonds. The van der Waals surface area contributed by atoms with Crippen LogP contribution in [0.2, 0.25) is 0 Å². The van der Waals surface area contributed by atoms with Crippen molar-refractivity contribution in [2.75, 3.05) is 0 Å². The Morgan fingerprint density at radius 2 is 1.81 bits per heavy atom. The van der Waals surface area contributed by atoms with E-state index < -0.39 is 21.0 Å². The maximum absolute atomic E-state index is 12.9. The zero-order chi connectivity index (χ0) is 18.7. The summed E-state index contributed by atoms with van der Waals surface area (Å²) in [6, 6.07) is 16.2. The van der Waals surface area contributed by atoms with Crippen molar-refractivity contribution in [3.63, 3.8) is 0 Å². The van der Waals surface area contributed by atoms with Gasteiger partial charge in [0.1, 0.15) is 0 Å². The first-order valence-electron chi connectivity index (χ1n) is 7.74. The molecule has 0 aliphatic rings. The zero-order valence-electron chi connectivity index (χ0n) is 13.8. The fourth-order valence-electron chi connectivity index (χ4n) is 2.57. The highest BCUT2D eigenvalue weighted by Crippen LogP contribution is 2.29. The first kappa shape index (κ1) is 18.2. The molecule has 0 spiro atoms. The molecular weight excluding hydrogens is 372 g/mol. The summed E-state index contributed by atoms with van der Waals surface area (Å²) in [7, 11) is -3.95. The van der Waals surface area contributed by atoms with Gasteiger partial charge in [-0.15, -0.1) is 11.3 Å². The second-order valence-electron chi connectivity index (χ2n) is 5.69. The van der Waals surface area contributed by atoms with Crippen LogP contribution < -0.4 is 4.72 Å². The van der Waals surface area contributed by atoms with Gasteiger partial charge < -0.3 is 0 Å². The van der Waals surface area contributed by atoms with Crippen molar-refractivity contribution in [1.29, 1.82) is 0 Å². The Balaban J connectivity index is 2.01. The average Bonchev–Trinajstić information content (AvgIpc) is 3.15. The summed E-state index contributed by atoms with van der Waals surface area (Å²) in [5.74, 6) is 0. The molecule has 0 aliphatic carbocycles. The molecule has 1 aromatic heterocycles. The van der Waals surface area contributed by atoms with E-state index in [1.165, 1.54) is 23.5 Å². The lowest BCUT2D eigenvalue weighted by molar-refractivity contribution is -0.385. The fourth-order valence-corrected chi connectivity index (χ4v) is 4.67. The minimum Gasteiger partial charge on any atom is -0.258 e. The molecule has 26 heavy (non-hydrogen) atoms. The Kier molecular flexibility index (Phi) is 5.17. The first-order chi connectivity index (χ1) is 12.4. The Labute approximate surface area is 155 Å². The van der Waals surface area contributed by atoms with E-state index in [9.17, 15) is 18.5 Å². The largest absolute Gasteiger partial charge is 0.273 e. The minimum absolute atomic E-state index is 0.132. The molecule has 0 bridgehead atoms. The summed E-state index contributed by atoms with van der Waals surface area (Å²) >= 11 is 1.44. The van der Waals surface area contributed by atoms with Gasteiger partial charge in [-0.25, -0.2) is 8.42 Å². The third-order valence-electron chi connectivity index (χ3n) is 3.92. The van der Waals surface area contributed by atoms with Gasteiger partial charge in [0.2, 0.25) is 10.0 Å². The number of hydrogen-bond donors (Lipinski definition) is 1. The number of thiophene rings is 1. The van der Waals surface area contributed by atoms with Gasteiger partial charge in [0.05, 0.1) is 15.9 Å². The molecule has 0 radical (unpaired) electrons. The lowest BCUT2D eigenvalue weighted by Gasteiger charge is -2.18. The van der Waals surface area contributed by atoms with Gasteiger partial charge in [0, 0.05) is 16.5 Å². The number of hydrogen-bond acceptors (Lipinski definition) is 5. The van der Waals surface area contributed by atoms with Crippen LogP contribution in [0.3, 0.4) is 0 Å². The molecule has 2 aromatic carbocycles. The van der Waals surface area contributed by atoms with E-state index in [1.807, 2.05) is 47.8 Å². The number of sulfonamides is 1. The summed E-state index contributed by atoms with van der Waals surface area (Å²) < 4.78 is 28.4. The molecule has 0 aliphatic heterocycles. The van der Waals surface area contributed by atoms with Crippen molar-refractivity contribution >= 4 is 27.0 Å². The molecule has 6 nitrogen and oxygen atoms in total. The summed E-state index contributed by atoms with van der Waals surface area (Å²) in [6.07, 6.45) is 0. The Morgan fingerprint density at radius 3 is 2.42 bits per heavy atom. The monoisotopic (exact) mass is 388 g/mol. The van der Waals surface area contributed by atoms with Gasteiger partial charge >= 0.3 is 0 Å². The standard InChI is InChI=1S/C18H16N2O4S2/c1-13-9-10-15(12-16(13)20(21)22)26(23,24)19-18(17-8-5-11-25-17)14-6-3-2-4-7-14/h2-12,18-19H,1H3/t18-/m1/s1. The summed E-state index contributed by atoms with van der Waals surface area (Å²) in [5, 5.41) is 13.0. The van der Waals surface area contributed by atoms with Crippen molar-refractivity contribution in [3.8, 4) is 0 Å². The Bertz CT molecular complexity index is 1020. The normalized spacial score (nSPS) is 12.7. The molecule has 0 saturated heterocycles. The van der Waals surface area contributed by atoms with Crippen molar-refractivity contribution in [2.45, 2.75) is 17.9 Å². The van der Waals surface area contributed by atoms with Crippen molar-refractivity contribution in [1.82, 2.24) is 4.72 Å². The number of benzene rings is 2. The van der Waals surface area contributed by atoms with E-state index in [4.69, 9.17) is 0 Å². The first-order valence-corrected chi connectivity index (χ1v) is 10.1. The maximum Gasteiger partial charge on any atom is 0.273 e. The van der Waals surface area contributed by atoms with Crippen LogP contribution in [0.5, 0.6) is 0 Å². The molecule has 1 heterocycles. The van der Waals surface area contributed by atoms with Gasteiger partial charge in [-0.3, -0.25) is 10.1 Å². The molecular formula is C18H16N2O4S2. The molecule has 134 valence electrons. The van der Waals surface area contributed by atoms with Crippen LogP contribution in [0.4, 0.5) is 5.69 Å². The van der Waals surface area contributed by atoms with E-state index in [2.05, 4.69) is 4.72 Å². The summed E-state index contributed by atoms with van der Waals surface area (Å²) in [6.45, 7) is 1.57. The van der Waals surface area contributed by atoms with Crippen LogP contribution in [-0.2, 0) is 10.0 Å². The van der Waals surface area contributed by atoms with Crippen LogP contribution >= 0.6 is 11.3 Å². The fraction of sp³-hybridized carbons (Fsp3) is 0.111. The lowest BCUT2D eigenvalue weighted by Crippen LogP contribution is -2.29. The number of rotatable bonds is 6. The topological polar surface area (TPSA) is 89.3 Å². The smallest absolute Gasteiger partial charge is 0.258 e. The summed E-state index contributed by atoms with van der Waals surface area (Å²) in [4.78, 5) is 11.2. The minimum atomic E-state index is -3.95. The van der Waals surface area contributed by atoms with Crippen LogP contribution in [-0.4, -0.2) is 13.3 Å². The molecule has 0 fully saturated rings. The van der Waals surface area contributed by atoms with Gasteiger partial charge in [0.15, 0.2) is 0 Å². The predicted octanol–water partition coefficient (Wildman–Crippen LogP) is 4.03. The number of nitrogens with zero attached hydrogens (tertiary/aromatic N) is 1. The van der Waals surface area contributed by atoms with Crippen LogP contribution in [0.15, 0.2) is 70.9 Å². The highest BCUT2D eigenvalue weighted by Gasteiger charge is 2.25. The summed E-state index contributed by atoms with van der Waals surface area (Å²) in [5.41, 5.74) is 0.979. The number of nitro groups is 1. The maximum atomic E-state index is 12.9. The third-order valence-corrected chi connectivity index (χ3v) is 6.28. The molecule has 8 heteroatoms. The lowest BCUT2D eigenvalue weighted by atomic mass is 10.1. The van der Waals surface area contributed by atoms with Gasteiger partial charge in [-0.2, -0.15) is 4.72 Å². The molecule has 1 atom stereocenters. The molecule has 0 saturated carbocycles. The SMILES string of the molecule is Cc1ccc(S(=O)(=O)N[C@H](c2ccccc2)c2cccs2)cc1[N+](=O)[O-]. The predicted molar refractivity (Wildman–Crippen MR) is 101 cm³/mol. The van der Waals surface area contributed by atoms with Crippen molar-refractivity contribution in [3.05, 3.63) is 92.2 Å².